The lowest BCUT2D eigenvalue weighted by Crippen LogP contribution is -2.46. The van der Waals surface area contributed by atoms with E-state index in [0.717, 1.165) is 18.9 Å². The predicted octanol–water partition coefficient (Wildman–Crippen LogP) is 3.44. The Balaban J connectivity index is 0.00000312. The van der Waals surface area contributed by atoms with Gasteiger partial charge in [-0.15, -0.1) is 35.3 Å². The fourth-order valence-electron chi connectivity index (χ4n) is 2.80. The molecule has 0 aliphatic carbocycles. The zero-order valence-electron chi connectivity index (χ0n) is 14.6. The van der Waals surface area contributed by atoms with Gasteiger partial charge < -0.3 is 10.2 Å². The molecule has 0 amide bonds. The number of hydrogen-bond acceptors (Lipinski definition) is 3. The number of guanidine groups is 1. The summed E-state index contributed by atoms with van der Waals surface area (Å²) in [7, 11) is 1.97. The molecule has 4 nitrogen and oxygen atoms in total. The van der Waals surface area contributed by atoms with Crippen molar-refractivity contribution < 1.29 is 13.2 Å². The lowest BCUT2D eigenvalue weighted by Gasteiger charge is -2.25. The minimum Gasteiger partial charge on any atom is -0.352 e. The molecular weight excluding hydrogens is 464 g/mol. The molecule has 0 saturated carbocycles. The van der Waals surface area contributed by atoms with Crippen molar-refractivity contribution in [3.63, 3.8) is 0 Å². The van der Waals surface area contributed by atoms with E-state index in [0.29, 0.717) is 26.1 Å². The van der Waals surface area contributed by atoms with Crippen LogP contribution in [0.5, 0.6) is 0 Å². The fraction of sp³-hybridized carbons (Fsp3) is 0.688. The van der Waals surface area contributed by atoms with Gasteiger partial charge in [-0.1, -0.05) is 6.07 Å². The minimum atomic E-state index is -4.13. The summed E-state index contributed by atoms with van der Waals surface area (Å²) in [5, 5.41) is 5.39. The second-order valence-electron chi connectivity index (χ2n) is 6.03. The van der Waals surface area contributed by atoms with Crippen LogP contribution >= 0.6 is 35.3 Å². The summed E-state index contributed by atoms with van der Waals surface area (Å²) in [5.41, 5.74) is 0. The number of halogens is 4. The molecule has 1 saturated heterocycles. The van der Waals surface area contributed by atoms with Crippen LogP contribution in [0.1, 0.15) is 18.2 Å². The highest BCUT2D eigenvalue weighted by molar-refractivity contribution is 14.0. The Morgan fingerprint density at radius 1 is 1.48 bits per heavy atom. The molecule has 0 aromatic carbocycles. The van der Waals surface area contributed by atoms with Crippen LogP contribution in [-0.2, 0) is 6.42 Å². The van der Waals surface area contributed by atoms with E-state index in [-0.39, 0.29) is 30.0 Å². The number of likely N-dealkylation sites (tertiary alicyclic amines) is 1. The molecule has 1 aliphatic heterocycles. The van der Waals surface area contributed by atoms with Crippen molar-refractivity contribution in [2.24, 2.45) is 4.99 Å². The maximum Gasteiger partial charge on any atom is 0.401 e. The number of nitrogens with one attached hydrogen (secondary N) is 1. The summed E-state index contributed by atoms with van der Waals surface area (Å²) < 4.78 is 37.5. The van der Waals surface area contributed by atoms with Gasteiger partial charge in [-0.05, 0) is 31.2 Å². The van der Waals surface area contributed by atoms with E-state index in [1.54, 1.807) is 11.3 Å². The van der Waals surface area contributed by atoms with Crippen molar-refractivity contribution in [3.8, 4) is 0 Å². The summed E-state index contributed by atoms with van der Waals surface area (Å²) in [5.74, 6) is 0.771. The van der Waals surface area contributed by atoms with Gasteiger partial charge in [0.2, 0.25) is 0 Å². The lowest BCUT2D eigenvalue weighted by atomic mass is 10.2. The monoisotopic (exact) mass is 490 g/mol. The van der Waals surface area contributed by atoms with Crippen LogP contribution in [0.4, 0.5) is 13.2 Å². The number of thiophene rings is 1. The van der Waals surface area contributed by atoms with Gasteiger partial charge in [0.05, 0.1) is 6.54 Å². The fourth-order valence-corrected chi connectivity index (χ4v) is 3.49. The van der Waals surface area contributed by atoms with Gasteiger partial charge in [-0.25, -0.2) is 0 Å². The minimum absolute atomic E-state index is 0. The van der Waals surface area contributed by atoms with Crippen molar-refractivity contribution in [3.05, 3.63) is 22.4 Å². The molecule has 2 rings (SSSR count). The third-order valence-corrected chi connectivity index (χ3v) is 4.89. The van der Waals surface area contributed by atoms with Gasteiger partial charge in [0.1, 0.15) is 0 Å². The average molecular weight is 490 g/mol. The van der Waals surface area contributed by atoms with Crippen LogP contribution in [0, 0.1) is 0 Å². The SMILES string of the molecule is CCN=C(NC1CCN(CC(F)(F)F)C1)N(C)CCc1cccs1.I. The zero-order valence-corrected chi connectivity index (χ0v) is 17.7. The first-order chi connectivity index (χ1) is 11.4. The first-order valence-electron chi connectivity index (χ1n) is 8.21. The Hall–Kier alpha value is -0.550. The molecule has 1 N–H and O–H groups in total. The first-order valence-corrected chi connectivity index (χ1v) is 9.09. The average Bonchev–Trinajstić information content (AvgIpc) is 3.14. The molecule has 1 aromatic heterocycles. The Bertz CT molecular complexity index is 522. The van der Waals surface area contributed by atoms with E-state index in [2.05, 4.69) is 26.7 Å². The molecule has 1 atom stereocenters. The third kappa shape index (κ3) is 8.12. The molecule has 25 heavy (non-hydrogen) atoms. The van der Waals surface area contributed by atoms with Gasteiger partial charge >= 0.3 is 6.18 Å². The highest BCUT2D eigenvalue weighted by Crippen LogP contribution is 2.20. The van der Waals surface area contributed by atoms with E-state index in [1.807, 2.05) is 20.0 Å². The van der Waals surface area contributed by atoms with Crippen LogP contribution in [-0.4, -0.2) is 67.7 Å². The van der Waals surface area contributed by atoms with Crippen LogP contribution in [0.25, 0.3) is 0 Å². The maximum absolute atomic E-state index is 12.5. The number of hydrogen-bond donors (Lipinski definition) is 1. The maximum atomic E-state index is 12.5. The van der Waals surface area contributed by atoms with Crippen molar-refractivity contribution in [1.82, 2.24) is 15.1 Å². The van der Waals surface area contributed by atoms with Crippen LogP contribution < -0.4 is 5.32 Å². The van der Waals surface area contributed by atoms with E-state index in [4.69, 9.17) is 0 Å². The Morgan fingerprint density at radius 2 is 2.24 bits per heavy atom. The molecule has 144 valence electrons. The predicted molar refractivity (Wildman–Crippen MR) is 108 cm³/mol. The van der Waals surface area contributed by atoms with E-state index >= 15 is 0 Å². The summed E-state index contributed by atoms with van der Waals surface area (Å²) in [4.78, 5) is 9.30. The zero-order chi connectivity index (χ0) is 17.6. The molecule has 1 aliphatic rings. The molecule has 9 heteroatoms. The van der Waals surface area contributed by atoms with Crippen molar-refractivity contribution >= 4 is 41.3 Å². The standard InChI is InChI=1S/C16H25F3N4S.HI/c1-3-20-15(22(2)8-7-14-5-4-10-24-14)21-13-6-9-23(11-13)12-16(17,18)19;/h4-5,10,13H,3,6-9,11-12H2,1-2H3,(H,20,21);1H. The van der Waals surface area contributed by atoms with Gasteiger partial charge in [0.25, 0.3) is 0 Å². The van der Waals surface area contributed by atoms with Gasteiger partial charge in [0.15, 0.2) is 5.96 Å². The smallest absolute Gasteiger partial charge is 0.352 e. The number of rotatable bonds is 6. The number of alkyl halides is 3. The molecule has 1 aromatic rings. The van der Waals surface area contributed by atoms with Gasteiger partial charge in [0, 0.05) is 44.1 Å². The Morgan fingerprint density at radius 3 is 2.84 bits per heavy atom. The molecule has 0 bridgehead atoms. The van der Waals surface area contributed by atoms with Crippen molar-refractivity contribution in [2.75, 3.05) is 39.8 Å². The van der Waals surface area contributed by atoms with Crippen molar-refractivity contribution in [2.45, 2.75) is 32.0 Å². The molecule has 0 spiro atoms. The number of aliphatic imine (C=N–C) groups is 1. The van der Waals surface area contributed by atoms with Gasteiger partial charge in [-0.2, -0.15) is 13.2 Å². The quantitative estimate of drug-likeness (QED) is 0.377. The van der Waals surface area contributed by atoms with Crippen LogP contribution in [0.2, 0.25) is 0 Å². The van der Waals surface area contributed by atoms with Crippen molar-refractivity contribution in [1.29, 1.82) is 0 Å². The van der Waals surface area contributed by atoms with E-state index < -0.39 is 12.7 Å². The second-order valence-corrected chi connectivity index (χ2v) is 7.06. The first kappa shape index (κ1) is 22.5. The third-order valence-electron chi connectivity index (χ3n) is 3.95. The summed E-state index contributed by atoms with van der Waals surface area (Å²) in [6.45, 7) is 3.46. The summed E-state index contributed by atoms with van der Waals surface area (Å²) in [6.07, 6.45) is -2.49. The normalized spacial score (nSPS) is 18.9. The molecular formula is C16H26F3IN4S. The molecule has 1 fully saturated rings. The lowest BCUT2D eigenvalue weighted by molar-refractivity contribution is -0.143. The summed E-state index contributed by atoms with van der Waals surface area (Å²) in [6, 6.07) is 4.16. The molecule has 1 unspecified atom stereocenters. The largest absolute Gasteiger partial charge is 0.401 e. The highest BCUT2D eigenvalue weighted by atomic mass is 127. The van der Waals surface area contributed by atoms with Gasteiger partial charge in [-0.3, -0.25) is 9.89 Å². The Kier molecular flexibility index (Phi) is 9.50. The highest BCUT2D eigenvalue weighted by Gasteiger charge is 2.34. The molecule has 2 heterocycles. The second kappa shape index (κ2) is 10.6. The number of likely N-dealkylation sites (N-methyl/N-ethyl adjacent to an activating group) is 1. The molecule has 0 radical (unpaired) electrons. The number of nitrogens with zero attached hydrogens (tertiary/aromatic N) is 3. The summed E-state index contributed by atoms with van der Waals surface area (Å²) >= 11 is 1.73. The van der Waals surface area contributed by atoms with Crippen LogP contribution in [0.15, 0.2) is 22.5 Å². The van der Waals surface area contributed by atoms with E-state index in [9.17, 15) is 13.2 Å². The topological polar surface area (TPSA) is 30.9 Å². The Labute approximate surface area is 168 Å². The van der Waals surface area contributed by atoms with Crippen LogP contribution in [0.3, 0.4) is 0 Å². The van der Waals surface area contributed by atoms with E-state index in [1.165, 1.54) is 9.78 Å².